The second kappa shape index (κ2) is 6.46. The summed E-state index contributed by atoms with van der Waals surface area (Å²) in [5.74, 6) is 5.26. The molecule has 0 amide bonds. The van der Waals surface area contributed by atoms with Crippen molar-refractivity contribution in [3.63, 3.8) is 0 Å². The largest absolute Gasteiger partial charge is 0.478 e. The lowest BCUT2D eigenvalue weighted by molar-refractivity contribution is -0.412. The predicted octanol–water partition coefficient (Wildman–Crippen LogP) is -0.302. The van der Waals surface area contributed by atoms with Gasteiger partial charge in [0.05, 0.1) is 11.3 Å². The van der Waals surface area contributed by atoms with Gasteiger partial charge in [-0.3, -0.25) is 5.43 Å². The highest BCUT2D eigenvalue weighted by molar-refractivity contribution is 7.91. The molecule has 1 aromatic heterocycles. The molecule has 0 aliphatic carbocycles. The molecule has 4 rings (SSSR count). The third kappa shape index (κ3) is 3.04. The first-order valence-electron chi connectivity index (χ1n) is 8.39. The number of carboxylic acids is 1. The van der Waals surface area contributed by atoms with Crippen LogP contribution < -0.4 is 11.3 Å². The molecular formula is C17H17N6O4S+. The lowest BCUT2D eigenvalue weighted by Gasteiger charge is -2.03. The average molecular weight is 401 g/mol. The quantitative estimate of drug-likeness (QED) is 0.208. The minimum atomic E-state index is -3.22. The number of nitrogens with zero attached hydrogens (tertiary/aromatic N) is 4. The summed E-state index contributed by atoms with van der Waals surface area (Å²) in [7, 11) is -3.22. The van der Waals surface area contributed by atoms with E-state index in [0.717, 1.165) is 0 Å². The highest BCUT2D eigenvalue weighted by atomic mass is 32.2. The molecule has 1 atom stereocenters. The summed E-state index contributed by atoms with van der Waals surface area (Å²) >= 11 is 0. The topological polar surface area (TPSA) is 151 Å². The van der Waals surface area contributed by atoms with Gasteiger partial charge in [0, 0.05) is 12.6 Å². The summed E-state index contributed by atoms with van der Waals surface area (Å²) in [6, 6.07) is 7.93. The van der Waals surface area contributed by atoms with Gasteiger partial charge in [0.25, 0.3) is 5.84 Å². The van der Waals surface area contributed by atoms with Gasteiger partial charge >= 0.3 is 11.8 Å². The fourth-order valence-electron chi connectivity index (χ4n) is 3.49. The van der Waals surface area contributed by atoms with E-state index in [1.165, 1.54) is 24.7 Å². The molecule has 4 N–H and O–H groups in total. The number of carbonyl (C=O) groups is 1. The molecule has 2 aliphatic heterocycles. The maximum atomic E-state index is 12.2. The number of nitrogens with two attached hydrogens (primary N) is 1. The molecule has 0 bridgehead atoms. The van der Waals surface area contributed by atoms with Crippen LogP contribution in [0.15, 0.2) is 47.8 Å². The van der Waals surface area contributed by atoms with Crippen LogP contribution in [0.5, 0.6) is 0 Å². The van der Waals surface area contributed by atoms with Crippen molar-refractivity contribution in [2.75, 3.05) is 11.5 Å². The Kier molecular flexibility index (Phi) is 4.20. The zero-order valence-corrected chi connectivity index (χ0v) is 15.4. The number of aromatic nitrogens is 2. The van der Waals surface area contributed by atoms with Crippen molar-refractivity contribution in [2.45, 2.75) is 12.0 Å². The Bertz CT molecular complexity index is 1130. The first-order valence-corrected chi connectivity index (χ1v) is 10.2. The predicted molar refractivity (Wildman–Crippen MR) is 100 cm³/mol. The van der Waals surface area contributed by atoms with E-state index in [0.29, 0.717) is 23.6 Å². The lowest BCUT2D eigenvalue weighted by Crippen LogP contribution is -2.33. The van der Waals surface area contributed by atoms with Gasteiger partial charge < -0.3 is 5.11 Å². The van der Waals surface area contributed by atoms with Crippen LogP contribution in [0.2, 0.25) is 0 Å². The molecule has 0 unspecified atom stereocenters. The van der Waals surface area contributed by atoms with E-state index in [1.807, 2.05) is 0 Å². The number of hydrogen-bond donors (Lipinski definition) is 3. The molecule has 0 radical (unpaired) electrons. The second-order valence-corrected chi connectivity index (χ2v) is 8.77. The van der Waals surface area contributed by atoms with E-state index < -0.39 is 21.3 Å². The van der Waals surface area contributed by atoms with Crippen molar-refractivity contribution in [3.8, 4) is 0 Å². The fourth-order valence-corrected chi connectivity index (χ4v) is 5.41. The van der Waals surface area contributed by atoms with Crippen LogP contribution in [0.1, 0.15) is 22.5 Å². The molecule has 1 spiro atoms. The van der Waals surface area contributed by atoms with Gasteiger partial charge in [0.15, 0.2) is 9.84 Å². The van der Waals surface area contributed by atoms with Crippen molar-refractivity contribution >= 4 is 33.2 Å². The van der Waals surface area contributed by atoms with E-state index in [4.69, 9.17) is 5.84 Å². The standard InChI is InChI=1S/C17H16N6O4S/c18-22-14(13-4-6-19-10-20-13)21-16-17(5-7-28(26,27)9-17)23(16)12-3-1-2-11(8-12)15(24)25/h1-4,6,8,10H,5,7,9H2,(H3,18,19,20,24,25)/p+1/t17-,23?/m1/s1. The molecule has 2 aromatic rings. The molecule has 11 heteroatoms. The van der Waals surface area contributed by atoms with Crippen molar-refractivity contribution in [3.05, 3.63) is 54.1 Å². The average Bonchev–Trinajstić information content (AvgIpc) is 3.16. The summed E-state index contributed by atoms with van der Waals surface area (Å²) in [5.41, 5.74) is 2.81. The van der Waals surface area contributed by atoms with E-state index in [9.17, 15) is 18.3 Å². The van der Waals surface area contributed by atoms with Gasteiger partial charge in [-0.1, -0.05) is 6.07 Å². The van der Waals surface area contributed by atoms with Crippen molar-refractivity contribution < 1.29 is 22.9 Å². The zero-order chi connectivity index (χ0) is 19.9. The van der Waals surface area contributed by atoms with E-state index in [1.54, 1.807) is 22.8 Å². The van der Waals surface area contributed by atoms with Crippen LogP contribution in [0.25, 0.3) is 0 Å². The Morgan fingerprint density at radius 1 is 1.36 bits per heavy atom. The summed E-state index contributed by atoms with van der Waals surface area (Å²) in [6.45, 7) is 0. The number of benzene rings is 1. The summed E-state index contributed by atoms with van der Waals surface area (Å²) in [6.07, 6.45) is 3.26. The van der Waals surface area contributed by atoms with Crippen LogP contribution >= 0.6 is 0 Å². The van der Waals surface area contributed by atoms with E-state index in [-0.39, 0.29) is 22.9 Å². The molecule has 144 valence electrons. The smallest absolute Gasteiger partial charge is 0.352 e. The molecule has 28 heavy (non-hydrogen) atoms. The van der Waals surface area contributed by atoms with E-state index >= 15 is 0 Å². The maximum absolute atomic E-state index is 12.2. The van der Waals surface area contributed by atoms with Crippen LogP contribution in [-0.2, 0) is 9.84 Å². The SMILES string of the molecule is NNC(=NC1=[N+](c2cccc(C(=O)O)c2)[C@@]12CCS(=O)(=O)C2)c1ccncn1. The third-order valence-electron chi connectivity index (χ3n) is 4.82. The van der Waals surface area contributed by atoms with Gasteiger partial charge in [0.2, 0.25) is 5.54 Å². The number of rotatable bonds is 3. The Hall–Kier alpha value is -3.18. The number of aromatic carboxylic acids is 1. The Morgan fingerprint density at radius 3 is 2.79 bits per heavy atom. The molecule has 1 saturated heterocycles. The lowest BCUT2D eigenvalue weighted by atomic mass is 10.1. The number of sulfone groups is 1. The molecule has 1 fully saturated rings. The Labute approximate surface area is 160 Å². The maximum Gasteiger partial charge on any atom is 0.352 e. The molecule has 10 nitrogen and oxygen atoms in total. The number of hydrazine groups is 1. The van der Waals surface area contributed by atoms with Gasteiger partial charge in [-0.15, -0.1) is 0 Å². The highest BCUT2D eigenvalue weighted by Crippen LogP contribution is 2.44. The number of hydrogen-bond acceptors (Lipinski definition) is 7. The molecule has 0 saturated carbocycles. The Morgan fingerprint density at radius 2 is 2.18 bits per heavy atom. The van der Waals surface area contributed by atoms with Crippen molar-refractivity contribution in [2.24, 2.45) is 10.8 Å². The summed E-state index contributed by atoms with van der Waals surface area (Å²) in [5, 5.41) is 9.26. The first-order chi connectivity index (χ1) is 13.4. The second-order valence-electron chi connectivity index (χ2n) is 6.59. The summed E-state index contributed by atoms with van der Waals surface area (Å²) in [4.78, 5) is 23.8. The number of aliphatic imine (C=N–C) groups is 1. The molecular weight excluding hydrogens is 384 g/mol. The number of nitrogens with one attached hydrogen (secondary N) is 1. The van der Waals surface area contributed by atoms with Crippen molar-refractivity contribution in [1.29, 1.82) is 0 Å². The minimum Gasteiger partial charge on any atom is -0.478 e. The van der Waals surface area contributed by atoms with Gasteiger partial charge in [-0.25, -0.2) is 33.6 Å². The normalized spacial score (nSPS) is 23.1. The minimum absolute atomic E-state index is 0.0417. The van der Waals surface area contributed by atoms with Crippen LogP contribution in [0.3, 0.4) is 0 Å². The molecule has 3 heterocycles. The number of amidine groups is 2. The fraction of sp³-hybridized carbons (Fsp3) is 0.235. The Balaban J connectivity index is 1.82. The highest BCUT2D eigenvalue weighted by Gasteiger charge is 2.69. The van der Waals surface area contributed by atoms with Gasteiger partial charge in [-0.05, 0) is 29.3 Å². The van der Waals surface area contributed by atoms with Crippen molar-refractivity contribution in [1.82, 2.24) is 15.4 Å². The van der Waals surface area contributed by atoms with Crippen LogP contribution in [0.4, 0.5) is 5.69 Å². The number of carboxylic acid groups (broad SMARTS) is 1. The van der Waals surface area contributed by atoms with E-state index in [2.05, 4.69) is 20.4 Å². The zero-order valence-electron chi connectivity index (χ0n) is 14.6. The van der Waals surface area contributed by atoms with Crippen LogP contribution in [-0.4, -0.2) is 62.8 Å². The van der Waals surface area contributed by atoms with Gasteiger partial charge in [0.1, 0.15) is 23.5 Å². The first kappa shape index (κ1) is 18.2. The van der Waals surface area contributed by atoms with Gasteiger partial charge in [-0.2, -0.15) is 0 Å². The molecule has 2 aliphatic rings. The van der Waals surface area contributed by atoms with Crippen LogP contribution in [0, 0.1) is 0 Å². The molecule has 1 aromatic carbocycles. The summed E-state index contributed by atoms with van der Waals surface area (Å²) < 4.78 is 26.1. The third-order valence-corrected chi connectivity index (χ3v) is 6.57. The monoisotopic (exact) mass is 401 g/mol.